The Morgan fingerprint density at radius 1 is 1.14 bits per heavy atom. The summed E-state index contributed by atoms with van der Waals surface area (Å²) in [6.45, 7) is 1.70. The van der Waals surface area contributed by atoms with Crippen LogP contribution in [0.2, 0.25) is 0 Å². The summed E-state index contributed by atoms with van der Waals surface area (Å²) in [5.74, 6) is -1.18. The number of hydrogen-bond donors (Lipinski definition) is 0. The minimum absolute atomic E-state index is 0.455. The van der Waals surface area contributed by atoms with Crippen molar-refractivity contribution in [2.24, 2.45) is 5.10 Å². The molecule has 4 heteroatoms. The Morgan fingerprint density at radius 3 is 2.07 bits per heavy atom. The highest BCUT2D eigenvalue weighted by molar-refractivity contribution is 5.98. The molecule has 0 saturated heterocycles. The van der Waals surface area contributed by atoms with Gasteiger partial charge < -0.3 is 5.01 Å². The fourth-order valence-corrected chi connectivity index (χ4v) is 1.12. The maximum atomic E-state index is 12.8. The van der Waals surface area contributed by atoms with E-state index < -0.39 is 11.6 Å². The summed E-state index contributed by atoms with van der Waals surface area (Å²) >= 11 is 0. The zero-order valence-corrected chi connectivity index (χ0v) is 8.38. The Labute approximate surface area is 81.8 Å². The molecule has 2 nitrogen and oxygen atoms in total. The number of hydrazone groups is 1. The van der Waals surface area contributed by atoms with Gasteiger partial charge in [-0.05, 0) is 19.1 Å². The van der Waals surface area contributed by atoms with E-state index >= 15 is 0 Å². The largest absolute Gasteiger partial charge is 0.303 e. The number of nitrogens with zero attached hydrogens (tertiary/aromatic N) is 2. The van der Waals surface area contributed by atoms with E-state index in [-0.39, 0.29) is 0 Å². The van der Waals surface area contributed by atoms with Crippen LogP contribution in [-0.4, -0.2) is 24.8 Å². The quantitative estimate of drug-likeness (QED) is 0.525. The smallest absolute Gasteiger partial charge is 0.126 e. The number of rotatable bonds is 2. The van der Waals surface area contributed by atoms with Crippen LogP contribution in [0.4, 0.5) is 8.78 Å². The van der Waals surface area contributed by atoms with Crippen LogP contribution in [0.15, 0.2) is 23.3 Å². The predicted molar refractivity (Wildman–Crippen MR) is 52.3 cm³/mol. The highest BCUT2D eigenvalue weighted by atomic mass is 19.1. The predicted octanol–water partition coefficient (Wildman–Crippen LogP) is 2.25. The van der Waals surface area contributed by atoms with Crippen LogP contribution in [0, 0.1) is 11.6 Å². The first-order valence-corrected chi connectivity index (χ1v) is 4.18. The summed E-state index contributed by atoms with van der Waals surface area (Å²) in [7, 11) is 3.50. The average Bonchev–Trinajstić information content (AvgIpc) is 2.00. The summed E-state index contributed by atoms with van der Waals surface area (Å²) < 4.78 is 25.6. The van der Waals surface area contributed by atoms with Gasteiger partial charge in [0.2, 0.25) is 0 Å². The molecule has 0 aliphatic carbocycles. The second kappa shape index (κ2) is 4.17. The Kier molecular flexibility index (Phi) is 3.17. The lowest BCUT2D eigenvalue weighted by molar-refractivity contribution is 0.437. The maximum Gasteiger partial charge on any atom is 0.126 e. The molecule has 14 heavy (non-hydrogen) atoms. The van der Waals surface area contributed by atoms with Crippen LogP contribution in [0.1, 0.15) is 12.5 Å². The van der Waals surface area contributed by atoms with E-state index in [1.54, 1.807) is 26.0 Å². The second-order valence-corrected chi connectivity index (χ2v) is 3.19. The summed E-state index contributed by atoms with van der Waals surface area (Å²) in [6.07, 6.45) is 0. The molecule has 76 valence electrons. The van der Waals surface area contributed by atoms with E-state index in [2.05, 4.69) is 5.10 Å². The van der Waals surface area contributed by atoms with Crippen molar-refractivity contribution in [3.63, 3.8) is 0 Å². The van der Waals surface area contributed by atoms with Crippen LogP contribution in [0.5, 0.6) is 0 Å². The van der Waals surface area contributed by atoms with Crippen molar-refractivity contribution in [3.8, 4) is 0 Å². The molecule has 0 N–H and O–H groups in total. The first-order chi connectivity index (χ1) is 6.49. The molecule has 0 aliphatic heterocycles. The first kappa shape index (κ1) is 10.6. The molecular formula is C10H12F2N2. The second-order valence-electron chi connectivity index (χ2n) is 3.19. The van der Waals surface area contributed by atoms with E-state index in [1.165, 1.54) is 12.1 Å². The molecule has 0 saturated carbocycles. The van der Waals surface area contributed by atoms with Gasteiger partial charge >= 0.3 is 0 Å². The zero-order valence-electron chi connectivity index (χ0n) is 8.38. The molecule has 0 amide bonds. The van der Waals surface area contributed by atoms with Gasteiger partial charge in [0.05, 0.1) is 5.71 Å². The fraction of sp³-hybridized carbons (Fsp3) is 0.300. The summed E-state index contributed by atoms with van der Waals surface area (Å²) in [5.41, 5.74) is 1.03. The number of benzene rings is 1. The summed E-state index contributed by atoms with van der Waals surface area (Å²) in [6, 6.07) is 3.35. The fourth-order valence-electron chi connectivity index (χ4n) is 1.12. The van der Waals surface area contributed by atoms with Gasteiger partial charge in [0, 0.05) is 25.7 Å². The van der Waals surface area contributed by atoms with Gasteiger partial charge in [-0.25, -0.2) is 8.78 Å². The lowest BCUT2D eigenvalue weighted by atomic mass is 10.1. The molecule has 1 aromatic carbocycles. The molecule has 0 bridgehead atoms. The van der Waals surface area contributed by atoms with Crippen molar-refractivity contribution in [3.05, 3.63) is 35.4 Å². The topological polar surface area (TPSA) is 15.6 Å². The molecule has 1 aromatic rings. The first-order valence-electron chi connectivity index (χ1n) is 4.18. The lowest BCUT2D eigenvalue weighted by Gasteiger charge is -2.07. The monoisotopic (exact) mass is 198 g/mol. The van der Waals surface area contributed by atoms with E-state index in [4.69, 9.17) is 0 Å². The highest BCUT2D eigenvalue weighted by Gasteiger charge is 2.03. The van der Waals surface area contributed by atoms with Crippen molar-refractivity contribution in [2.45, 2.75) is 6.92 Å². The Hall–Kier alpha value is -1.45. The van der Waals surface area contributed by atoms with Gasteiger partial charge in [0.1, 0.15) is 11.6 Å². The SMILES string of the molecule is CC(=NN(C)C)c1cc(F)cc(F)c1. The van der Waals surface area contributed by atoms with Crippen LogP contribution >= 0.6 is 0 Å². The minimum Gasteiger partial charge on any atom is -0.303 e. The van der Waals surface area contributed by atoms with Gasteiger partial charge in [-0.1, -0.05) is 0 Å². The standard InChI is InChI=1S/C10H12F2N2/c1-7(13-14(2)3)8-4-9(11)6-10(12)5-8/h4-6H,1-3H3. The number of hydrogen-bond acceptors (Lipinski definition) is 2. The van der Waals surface area contributed by atoms with Crippen LogP contribution in [-0.2, 0) is 0 Å². The van der Waals surface area contributed by atoms with E-state index in [0.717, 1.165) is 6.07 Å². The van der Waals surface area contributed by atoms with Crippen LogP contribution < -0.4 is 0 Å². The van der Waals surface area contributed by atoms with Gasteiger partial charge in [-0.2, -0.15) is 5.10 Å². The molecule has 0 radical (unpaired) electrons. The molecule has 0 spiro atoms. The minimum atomic E-state index is -0.590. The van der Waals surface area contributed by atoms with Gasteiger partial charge in [-0.3, -0.25) is 0 Å². The Balaban J connectivity index is 3.07. The molecule has 0 fully saturated rings. The zero-order chi connectivity index (χ0) is 10.7. The van der Waals surface area contributed by atoms with Crippen molar-refractivity contribution in [1.82, 2.24) is 5.01 Å². The molecule has 0 aromatic heterocycles. The van der Waals surface area contributed by atoms with Crippen molar-refractivity contribution in [1.29, 1.82) is 0 Å². The normalized spacial score (nSPS) is 11.6. The Morgan fingerprint density at radius 2 is 1.64 bits per heavy atom. The van der Waals surface area contributed by atoms with E-state index in [1.807, 2.05) is 0 Å². The van der Waals surface area contributed by atoms with Gasteiger partial charge in [-0.15, -0.1) is 0 Å². The van der Waals surface area contributed by atoms with Crippen LogP contribution in [0.25, 0.3) is 0 Å². The van der Waals surface area contributed by atoms with E-state index in [0.29, 0.717) is 11.3 Å². The Bertz CT molecular complexity index is 339. The van der Waals surface area contributed by atoms with Gasteiger partial charge in [0.15, 0.2) is 0 Å². The van der Waals surface area contributed by atoms with Gasteiger partial charge in [0.25, 0.3) is 0 Å². The molecule has 0 unspecified atom stereocenters. The molecule has 0 aliphatic rings. The highest BCUT2D eigenvalue weighted by Crippen LogP contribution is 2.09. The molecule has 0 heterocycles. The third-order valence-corrected chi connectivity index (χ3v) is 1.63. The number of halogens is 2. The molecular weight excluding hydrogens is 186 g/mol. The van der Waals surface area contributed by atoms with Crippen molar-refractivity contribution in [2.75, 3.05) is 14.1 Å². The third-order valence-electron chi connectivity index (χ3n) is 1.63. The van der Waals surface area contributed by atoms with E-state index in [9.17, 15) is 8.78 Å². The van der Waals surface area contributed by atoms with Crippen molar-refractivity contribution < 1.29 is 8.78 Å². The third kappa shape index (κ3) is 2.80. The lowest BCUT2D eigenvalue weighted by Crippen LogP contribution is -2.07. The van der Waals surface area contributed by atoms with Crippen LogP contribution in [0.3, 0.4) is 0 Å². The maximum absolute atomic E-state index is 12.8. The summed E-state index contributed by atoms with van der Waals surface area (Å²) in [5, 5.41) is 5.63. The summed E-state index contributed by atoms with van der Waals surface area (Å²) in [4.78, 5) is 0. The molecule has 1 rings (SSSR count). The average molecular weight is 198 g/mol. The van der Waals surface area contributed by atoms with Crippen molar-refractivity contribution >= 4 is 5.71 Å². The molecule has 0 atom stereocenters.